The van der Waals surface area contributed by atoms with Gasteiger partial charge in [-0.2, -0.15) is 0 Å². The Labute approximate surface area is 243 Å². The first-order valence-electron chi connectivity index (χ1n) is 11.9. The molecule has 0 bridgehead atoms. The fourth-order valence-electron chi connectivity index (χ4n) is 3.96. The molecule has 0 saturated carbocycles. The molecule has 1 atom stereocenters. The summed E-state index contributed by atoms with van der Waals surface area (Å²) in [4.78, 5) is 27.9. The number of benzene rings is 3. The van der Waals surface area contributed by atoms with E-state index in [1.165, 1.54) is 49.4 Å². The third kappa shape index (κ3) is 7.36. The zero-order valence-corrected chi connectivity index (χ0v) is 24.6. The number of nitrogens with zero attached hydrogens (tertiary/aromatic N) is 2. The van der Waals surface area contributed by atoms with Crippen molar-refractivity contribution in [3.05, 3.63) is 87.4 Å². The normalized spacial score (nSPS) is 11.9. The molecule has 8 nitrogen and oxygen atoms in total. The van der Waals surface area contributed by atoms with Gasteiger partial charge in [-0.15, -0.1) is 0 Å². The maximum Gasteiger partial charge on any atom is 0.264 e. The lowest BCUT2D eigenvalue weighted by Crippen LogP contribution is -2.51. The van der Waals surface area contributed by atoms with E-state index >= 15 is 0 Å². The maximum atomic E-state index is 13.9. The largest absolute Gasteiger partial charge is 0.497 e. The van der Waals surface area contributed by atoms with Crippen LogP contribution in [0.5, 0.6) is 5.75 Å². The van der Waals surface area contributed by atoms with E-state index in [9.17, 15) is 18.0 Å². The van der Waals surface area contributed by atoms with Gasteiger partial charge in [-0.05, 0) is 66.6 Å². The highest BCUT2D eigenvalue weighted by atomic mass is 35.5. The average Bonchev–Trinajstić information content (AvgIpc) is 2.93. The number of anilines is 1. The van der Waals surface area contributed by atoms with Crippen molar-refractivity contribution in [2.24, 2.45) is 0 Å². The van der Waals surface area contributed by atoms with E-state index in [2.05, 4.69) is 5.32 Å². The molecule has 3 rings (SSSR count). The van der Waals surface area contributed by atoms with Gasteiger partial charge in [0, 0.05) is 18.6 Å². The Morgan fingerprint density at radius 3 is 2.23 bits per heavy atom. The number of methoxy groups -OCH3 is 1. The molecule has 2 amide bonds. The summed E-state index contributed by atoms with van der Waals surface area (Å²) in [7, 11) is -1.29. The minimum Gasteiger partial charge on any atom is -0.497 e. The zero-order valence-electron chi connectivity index (χ0n) is 21.5. The lowest BCUT2D eigenvalue weighted by Gasteiger charge is -2.33. The standard InChI is InChI=1S/C27H28Cl3N3O5S/c1-4-25(27(35)31-2)32(16-18-8-13-23(29)24(30)14-18)26(34)17-33(20-7-5-6-19(28)15-20)39(36,37)22-11-9-21(38-3)10-12-22/h5-15,25H,4,16-17H2,1-3H3,(H,31,35). The average molecular weight is 613 g/mol. The van der Waals surface area contributed by atoms with Crippen LogP contribution < -0.4 is 14.4 Å². The summed E-state index contributed by atoms with van der Waals surface area (Å²) in [5.41, 5.74) is 0.807. The number of amides is 2. The second kappa shape index (κ2) is 13.4. The highest BCUT2D eigenvalue weighted by Crippen LogP contribution is 2.28. The van der Waals surface area contributed by atoms with Gasteiger partial charge in [-0.1, -0.05) is 53.9 Å². The summed E-state index contributed by atoms with van der Waals surface area (Å²) in [5, 5.41) is 3.50. The van der Waals surface area contributed by atoms with Crippen LogP contribution >= 0.6 is 34.8 Å². The third-order valence-electron chi connectivity index (χ3n) is 5.99. The maximum absolute atomic E-state index is 13.9. The number of carbonyl (C=O) groups is 2. The van der Waals surface area contributed by atoms with Crippen molar-refractivity contribution in [1.82, 2.24) is 10.2 Å². The molecule has 1 N–H and O–H groups in total. The van der Waals surface area contributed by atoms with Gasteiger partial charge in [0.1, 0.15) is 18.3 Å². The fraction of sp³-hybridized carbons (Fsp3) is 0.259. The van der Waals surface area contributed by atoms with Crippen LogP contribution in [0.2, 0.25) is 15.1 Å². The number of likely N-dealkylation sites (N-methyl/N-ethyl adjacent to an activating group) is 1. The molecule has 0 saturated heterocycles. The van der Waals surface area contributed by atoms with Crippen molar-refractivity contribution in [1.29, 1.82) is 0 Å². The molecule has 0 aliphatic rings. The first-order chi connectivity index (χ1) is 18.5. The molecule has 0 radical (unpaired) electrons. The molecule has 0 aromatic heterocycles. The van der Waals surface area contributed by atoms with Crippen LogP contribution in [0.4, 0.5) is 5.69 Å². The third-order valence-corrected chi connectivity index (χ3v) is 8.75. The van der Waals surface area contributed by atoms with E-state index in [4.69, 9.17) is 39.5 Å². The van der Waals surface area contributed by atoms with E-state index in [1.54, 1.807) is 43.3 Å². The Morgan fingerprint density at radius 2 is 1.67 bits per heavy atom. The van der Waals surface area contributed by atoms with Gasteiger partial charge in [0.05, 0.1) is 27.7 Å². The molecule has 12 heteroatoms. The van der Waals surface area contributed by atoms with Gasteiger partial charge in [-0.25, -0.2) is 8.42 Å². The van der Waals surface area contributed by atoms with Crippen LogP contribution in [0, 0.1) is 0 Å². The monoisotopic (exact) mass is 611 g/mol. The van der Waals surface area contributed by atoms with Crippen molar-refractivity contribution in [3.63, 3.8) is 0 Å². The molecular weight excluding hydrogens is 585 g/mol. The van der Waals surface area contributed by atoms with Gasteiger partial charge < -0.3 is 15.0 Å². The van der Waals surface area contributed by atoms with Gasteiger partial charge in [0.2, 0.25) is 11.8 Å². The van der Waals surface area contributed by atoms with Crippen LogP contribution in [0.3, 0.4) is 0 Å². The van der Waals surface area contributed by atoms with Gasteiger partial charge in [-0.3, -0.25) is 13.9 Å². The topological polar surface area (TPSA) is 96.0 Å². The Balaban J connectivity index is 2.07. The van der Waals surface area contributed by atoms with Gasteiger partial charge in [0.25, 0.3) is 10.0 Å². The number of halogens is 3. The minimum atomic E-state index is -4.24. The molecule has 39 heavy (non-hydrogen) atoms. The molecule has 0 fully saturated rings. The van der Waals surface area contributed by atoms with Crippen LogP contribution in [-0.4, -0.2) is 51.9 Å². The molecule has 3 aromatic carbocycles. The Kier molecular flexibility index (Phi) is 10.5. The molecule has 0 aliphatic heterocycles. The van der Waals surface area contributed by atoms with E-state index in [0.717, 1.165) is 4.31 Å². The van der Waals surface area contributed by atoms with Gasteiger partial charge >= 0.3 is 0 Å². The molecule has 3 aromatic rings. The van der Waals surface area contributed by atoms with E-state index in [-0.39, 0.29) is 28.6 Å². The number of nitrogens with one attached hydrogen (secondary N) is 1. The smallest absolute Gasteiger partial charge is 0.264 e. The van der Waals surface area contributed by atoms with E-state index in [0.29, 0.717) is 21.4 Å². The number of sulfonamides is 1. The first kappa shape index (κ1) is 30.6. The van der Waals surface area contributed by atoms with E-state index in [1.807, 2.05) is 0 Å². The Morgan fingerprint density at radius 1 is 0.974 bits per heavy atom. The summed E-state index contributed by atoms with van der Waals surface area (Å²) >= 11 is 18.4. The first-order valence-corrected chi connectivity index (χ1v) is 14.5. The summed E-state index contributed by atoms with van der Waals surface area (Å²) in [5.74, 6) is -0.518. The Hall–Kier alpha value is -2.98. The summed E-state index contributed by atoms with van der Waals surface area (Å²) < 4.78 is 33.8. The van der Waals surface area contributed by atoms with Crippen molar-refractivity contribution >= 4 is 62.3 Å². The SMILES string of the molecule is CCC(C(=O)NC)N(Cc1ccc(Cl)c(Cl)c1)C(=O)CN(c1cccc(Cl)c1)S(=O)(=O)c1ccc(OC)cc1. The summed E-state index contributed by atoms with van der Waals surface area (Å²) in [6.45, 7) is 1.16. The van der Waals surface area contributed by atoms with Crippen molar-refractivity contribution in [2.75, 3.05) is 25.0 Å². The Bertz CT molecular complexity index is 1430. The number of hydrogen-bond acceptors (Lipinski definition) is 5. The number of carbonyl (C=O) groups excluding carboxylic acids is 2. The van der Waals surface area contributed by atoms with Crippen LogP contribution in [0.15, 0.2) is 71.6 Å². The summed E-state index contributed by atoms with van der Waals surface area (Å²) in [6, 6.07) is 16.0. The predicted octanol–water partition coefficient (Wildman–Crippen LogP) is 5.40. The fourth-order valence-corrected chi connectivity index (χ4v) is 5.87. The summed E-state index contributed by atoms with van der Waals surface area (Å²) in [6.07, 6.45) is 0.287. The van der Waals surface area contributed by atoms with Crippen molar-refractivity contribution in [2.45, 2.75) is 30.8 Å². The molecule has 208 valence electrons. The van der Waals surface area contributed by atoms with Crippen LogP contribution in [0.1, 0.15) is 18.9 Å². The second-order valence-electron chi connectivity index (χ2n) is 8.48. The van der Waals surface area contributed by atoms with Crippen molar-refractivity contribution in [3.8, 4) is 5.75 Å². The van der Waals surface area contributed by atoms with Crippen LogP contribution in [-0.2, 0) is 26.2 Å². The minimum absolute atomic E-state index is 0.00633. The van der Waals surface area contributed by atoms with E-state index < -0.39 is 34.4 Å². The molecule has 0 spiro atoms. The zero-order chi connectivity index (χ0) is 28.7. The highest BCUT2D eigenvalue weighted by Gasteiger charge is 2.33. The number of hydrogen-bond donors (Lipinski definition) is 1. The van der Waals surface area contributed by atoms with Crippen LogP contribution in [0.25, 0.3) is 0 Å². The lowest BCUT2D eigenvalue weighted by molar-refractivity contribution is -0.140. The van der Waals surface area contributed by atoms with Gasteiger partial charge in [0.15, 0.2) is 0 Å². The number of ether oxygens (including phenoxy) is 1. The molecule has 0 aliphatic carbocycles. The highest BCUT2D eigenvalue weighted by molar-refractivity contribution is 7.92. The second-order valence-corrected chi connectivity index (χ2v) is 11.6. The predicted molar refractivity (Wildman–Crippen MR) is 154 cm³/mol. The van der Waals surface area contributed by atoms with Crippen molar-refractivity contribution < 1.29 is 22.7 Å². The number of rotatable bonds is 11. The molecule has 1 unspecified atom stereocenters. The molecular formula is C27H28Cl3N3O5S. The molecule has 0 heterocycles. The quantitative estimate of drug-likeness (QED) is 0.313. The lowest BCUT2D eigenvalue weighted by atomic mass is 10.1.